The van der Waals surface area contributed by atoms with Gasteiger partial charge in [0.2, 0.25) is 0 Å². The van der Waals surface area contributed by atoms with E-state index in [0.29, 0.717) is 37.7 Å². The van der Waals surface area contributed by atoms with Gasteiger partial charge in [0.05, 0.1) is 65.6 Å². The van der Waals surface area contributed by atoms with Crippen molar-refractivity contribution in [1.82, 2.24) is 38.2 Å². The van der Waals surface area contributed by atoms with E-state index in [0.717, 1.165) is 12.3 Å². The number of nitrogens with zero attached hydrogens (tertiary/aromatic N) is 8. The predicted octanol–water partition coefficient (Wildman–Crippen LogP) is 11.7. The van der Waals surface area contributed by atoms with Crippen LogP contribution in [-0.2, 0) is 74.5 Å². The van der Waals surface area contributed by atoms with Gasteiger partial charge in [-0.2, -0.15) is 19.9 Å². The molecule has 0 radical (unpaired) electrons. The second kappa shape index (κ2) is 36.7. The first-order valence-electron chi connectivity index (χ1n) is 35.2. The standard InChI is InChI=1S/C17H30N3O6P.C17H30N3O5PS.C17H29N3O3.C14H24N3O5PS.C4H10/c1-16(2,3)10-12-11(25-27(22,23)26-17(4,5)6)9-14(24-12)20-8-7-13(18)19-15(20)21;1-16(2,3)10-12-11(24-26(22,27)25-17(4,5)6)9-14(23-12)20-8-7-13(18)19-15(20)21;1-16(2,3)10-12-11(23-17(4,5)6)9-14(22-12)20-8-7-13(18)19-15(20)21;1-8-7-17(13(18)16-12(8)15)11-5-9(22-23(19,20)24)10(21-11)6-14(2,3)4;1-4(2)3/h7-8,11-12,14H,9-10H2,1-6H3,(H,22,23)(H2,18,19,21);7-8,11-12,14H,9-10H2,1-6H3,(H,22,27)(H2,18,19,21);7-8,11-12,14H,9-10H2,1-6H3,(H2,18,19,21);7,9-11H,5-6H2,1-4H3,(H2,15,16,18)(H2,19,20,24);4H,1-3H3/t11-,12-,14-;11-,12-,14-,26?;11-,12-,14-;9-,10-,11-;/m1111./s1. The molecule has 0 saturated carbocycles. The van der Waals surface area contributed by atoms with Crippen molar-refractivity contribution in [2.45, 2.75) is 315 Å². The summed E-state index contributed by atoms with van der Waals surface area (Å²) in [6.07, 6.45) is 5.02. The summed E-state index contributed by atoms with van der Waals surface area (Å²) < 4.78 is 75.6. The molecular weight excluding hydrogens is 1460 g/mol. The molecule has 14 atom stereocenters. The Morgan fingerprint density at radius 3 is 1.05 bits per heavy atom. The van der Waals surface area contributed by atoms with Crippen molar-refractivity contribution in [1.29, 1.82) is 0 Å². The van der Waals surface area contributed by atoms with E-state index in [-0.39, 0.29) is 93.6 Å². The first-order valence-corrected chi connectivity index (χ1v) is 41.9. The number of phosphoric acid groups is 1. The van der Waals surface area contributed by atoms with Crippen molar-refractivity contribution in [3.05, 3.63) is 90.5 Å². The molecule has 2 unspecified atom stereocenters. The number of ether oxygens (including phenoxy) is 5. The van der Waals surface area contributed by atoms with Crippen LogP contribution in [0.5, 0.6) is 0 Å². The van der Waals surface area contributed by atoms with Crippen LogP contribution in [0, 0.1) is 34.5 Å². The van der Waals surface area contributed by atoms with Gasteiger partial charge in [-0.3, -0.25) is 27.3 Å². The molecule has 4 aromatic heterocycles. The Labute approximate surface area is 629 Å². The average molecular weight is 1580 g/mol. The summed E-state index contributed by atoms with van der Waals surface area (Å²) in [6.45, 7) is 42.4. The van der Waals surface area contributed by atoms with Gasteiger partial charge in [-0.1, -0.05) is 104 Å². The molecule has 0 bridgehead atoms. The number of nitrogen functional groups attached to an aromatic ring is 4. The van der Waals surface area contributed by atoms with Crippen molar-refractivity contribution in [2.24, 2.45) is 27.6 Å². The van der Waals surface area contributed by atoms with Crippen molar-refractivity contribution in [2.75, 3.05) is 22.9 Å². The number of aryl methyl sites for hydroxylation is 1. The lowest BCUT2D eigenvalue weighted by Crippen LogP contribution is -2.35. The van der Waals surface area contributed by atoms with Crippen LogP contribution < -0.4 is 45.7 Å². The zero-order chi connectivity index (χ0) is 80.5. The quantitative estimate of drug-likeness (QED) is 0.0455. The van der Waals surface area contributed by atoms with Gasteiger partial charge in [0.1, 0.15) is 48.2 Å². The summed E-state index contributed by atoms with van der Waals surface area (Å²) in [5, 5.41) is 0. The van der Waals surface area contributed by atoms with E-state index in [2.05, 4.69) is 94.1 Å². The third-order valence-corrected chi connectivity index (χ3v) is 19.0. The van der Waals surface area contributed by atoms with Crippen LogP contribution in [0.3, 0.4) is 0 Å². The summed E-state index contributed by atoms with van der Waals surface area (Å²) in [6, 6.07) is 4.65. The SMILES string of the molecule is CC(C)(C)C[C@H]1O[C@@H](n2ccc(N)nc2=O)C[C@H]1OC(C)(C)C.CC(C)(C)C[C@H]1O[C@@H](n2ccc(N)nc2=O)C[C@H]1OP(=O)(O)OC(C)(C)C.CC(C)(C)C[C@H]1O[C@@H](n2ccc(N)nc2=O)C[C@H]1OP(O)(=S)OC(C)(C)C.CC(C)C.Cc1cn([C@H]2C[C@@H](OP(O)(O)=S)[C@@H](CC(C)(C)C)O2)c(=O)nc1N. The van der Waals surface area contributed by atoms with Crippen LogP contribution >= 0.6 is 21.3 Å². The average Bonchev–Trinajstić information content (AvgIpc) is 1.61. The number of aromatic nitrogens is 8. The van der Waals surface area contributed by atoms with E-state index in [1.165, 1.54) is 36.6 Å². The minimum Gasteiger partial charge on any atom is -0.383 e. The summed E-state index contributed by atoms with van der Waals surface area (Å²) >= 11 is 9.77. The summed E-state index contributed by atoms with van der Waals surface area (Å²) in [7, 11) is -4.31. The molecule has 36 heteroatoms. The molecule has 105 heavy (non-hydrogen) atoms. The molecule has 0 spiro atoms. The lowest BCUT2D eigenvalue weighted by atomic mass is 9.87. The monoisotopic (exact) mass is 1580 g/mol. The smallest absolute Gasteiger partial charge is 0.383 e. The van der Waals surface area contributed by atoms with E-state index in [4.69, 9.17) is 81.0 Å². The van der Waals surface area contributed by atoms with Gasteiger partial charge in [-0.15, -0.1) is 0 Å². The maximum Gasteiger partial charge on any atom is 0.473 e. The lowest BCUT2D eigenvalue weighted by molar-refractivity contribution is -0.102. The number of phosphoric ester groups is 1. The minimum absolute atomic E-state index is 0.0472. The second-order valence-electron chi connectivity index (χ2n) is 35.4. The summed E-state index contributed by atoms with van der Waals surface area (Å²) in [4.78, 5) is 103. The molecule has 8 rings (SSSR count). The van der Waals surface area contributed by atoms with E-state index >= 15 is 0 Å². The molecule has 0 aromatic carbocycles. The van der Waals surface area contributed by atoms with Crippen LogP contribution in [-0.4, -0.2) is 123 Å². The topological polar surface area (TPSA) is 434 Å². The van der Waals surface area contributed by atoms with Crippen LogP contribution in [0.15, 0.2) is 62.2 Å². The number of hydrogen-bond acceptors (Lipinski definition) is 25. The fourth-order valence-corrected chi connectivity index (χ4v) is 16.0. The Balaban J connectivity index is 0.000000291. The Hall–Kier alpha value is -4.31. The molecular formula is C69H123N12O19P3S2. The molecule has 0 aliphatic carbocycles. The van der Waals surface area contributed by atoms with Crippen LogP contribution in [0.4, 0.5) is 23.3 Å². The van der Waals surface area contributed by atoms with E-state index < -0.39 is 98.7 Å². The second-order valence-corrected chi connectivity index (χ2v) is 42.1. The molecule has 8 heterocycles. The molecule has 4 saturated heterocycles. The highest BCUT2D eigenvalue weighted by molar-refractivity contribution is 8.07. The lowest BCUT2D eigenvalue weighted by Gasteiger charge is -2.31. The maximum atomic E-state index is 12.4. The van der Waals surface area contributed by atoms with E-state index in [1.54, 1.807) is 73.1 Å². The van der Waals surface area contributed by atoms with Gasteiger partial charge < -0.3 is 79.8 Å². The molecule has 0 amide bonds. The van der Waals surface area contributed by atoms with Gasteiger partial charge in [0.15, 0.2) is 0 Å². The van der Waals surface area contributed by atoms with Gasteiger partial charge in [0.25, 0.3) is 0 Å². The molecule has 12 N–H and O–H groups in total. The third kappa shape index (κ3) is 34.2. The first-order chi connectivity index (χ1) is 47.3. The highest BCUT2D eigenvalue weighted by atomic mass is 32.5. The highest BCUT2D eigenvalue weighted by Gasteiger charge is 2.47. The van der Waals surface area contributed by atoms with E-state index in [1.807, 2.05) is 62.3 Å². The number of hydrogen-bond donors (Lipinski definition) is 8. The van der Waals surface area contributed by atoms with Crippen molar-refractivity contribution in [3.8, 4) is 0 Å². The van der Waals surface area contributed by atoms with Gasteiger partial charge in [-0.25, -0.2) is 23.7 Å². The van der Waals surface area contributed by atoms with Gasteiger partial charge in [0, 0.05) is 56.0 Å². The van der Waals surface area contributed by atoms with Crippen LogP contribution in [0.1, 0.15) is 248 Å². The number of anilines is 4. The molecule has 31 nitrogen and oxygen atoms in total. The predicted molar refractivity (Wildman–Crippen MR) is 413 cm³/mol. The molecule has 600 valence electrons. The van der Waals surface area contributed by atoms with Crippen molar-refractivity contribution < 1.29 is 70.4 Å². The Morgan fingerprint density at radius 1 is 0.467 bits per heavy atom. The Bertz CT molecular complexity index is 3730. The molecule has 4 aromatic rings. The van der Waals surface area contributed by atoms with E-state index in [9.17, 15) is 43.3 Å². The molecule has 4 fully saturated rings. The summed E-state index contributed by atoms with van der Waals surface area (Å²) in [5.41, 5.74) is 19.1. The fraction of sp³-hybridized carbons (Fsp3) is 0.768. The van der Waals surface area contributed by atoms with Gasteiger partial charge in [-0.05, 0) is 164 Å². The van der Waals surface area contributed by atoms with Crippen molar-refractivity contribution >= 4 is 68.1 Å². The third-order valence-electron chi connectivity index (χ3n) is 15.0. The zero-order valence-corrected chi connectivity index (χ0v) is 70.5. The number of rotatable bonds is 17. The minimum atomic E-state index is -4.31. The fourth-order valence-electron chi connectivity index (χ4n) is 11.5. The largest absolute Gasteiger partial charge is 0.473 e. The number of nitrogens with two attached hydrogens (primary N) is 4. The summed E-state index contributed by atoms with van der Waals surface area (Å²) in [5.74, 6) is 1.50. The zero-order valence-electron chi connectivity index (χ0n) is 66.2. The normalized spacial score (nSPS) is 25.2. The first kappa shape index (κ1) is 93.1. The van der Waals surface area contributed by atoms with Gasteiger partial charge >= 0.3 is 44.0 Å². The Kier molecular flexibility index (Phi) is 32.5. The van der Waals surface area contributed by atoms with Crippen LogP contribution in [0.2, 0.25) is 0 Å². The Morgan fingerprint density at radius 2 is 0.752 bits per heavy atom. The van der Waals surface area contributed by atoms with Crippen molar-refractivity contribution in [3.63, 3.8) is 0 Å². The highest BCUT2D eigenvalue weighted by Crippen LogP contribution is 2.54. The molecule has 4 aliphatic rings. The maximum absolute atomic E-state index is 12.4. The van der Waals surface area contributed by atoms with Crippen LogP contribution in [0.25, 0.3) is 0 Å². The molecule has 4 aliphatic heterocycles.